The van der Waals surface area contributed by atoms with E-state index in [0.717, 1.165) is 16.7 Å². The molecule has 3 aromatic rings. The predicted molar refractivity (Wildman–Crippen MR) is 118 cm³/mol. The summed E-state index contributed by atoms with van der Waals surface area (Å²) in [5.41, 5.74) is 2.71. The molecule has 0 saturated heterocycles. The minimum Gasteiger partial charge on any atom is -0.358 e. The molecular weight excluding hydrogens is 348 g/mol. The summed E-state index contributed by atoms with van der Waals surface area (Å²) in [6, 6.07) is 31.4. The first-order valence-corrected chi connectivity index (χ1v) is 9.59. The van der Waals surface area contributed by atoms with E-state index in [4.69, 9.17) is 12.2 Å². The molecule has 0 heterocycles. The molecule has 0 bridgehead atoms. The Hall–Kier alpha value is -2.65. The van der Waals surface area contributed by atoms with Crippen molar-refractivity contribution < 1.29 is 0 Å². The third-order valence-electron chi connectivity index (χ3n) is 4.41. The highest BCUT2D eigenvalue weighted by Crippen LogP contribution is 2.36. The standard InChI is InChI=1S/C24H26N2S/c1-23(2,3)25-22(27)26-24(19-13-7-4-8-14-19,20-15-9-5-10-16-20)21-17-11-6-12-18-21/h4-18H,1-3H3,(H2,25,26,27). The maximum atomic E-state index is 5.73. The predicted octanol–water partition coefficient (Wildman–Crippen LogP) is 5.24. The lowest BCUT2D eigenvalue weighted by molar-refractivity contribution is 0.487. The van der Waals surface area contributed by atoms with Gasteiger partial charge in [-0.1, -0.05) is 91.0 Å². The molecular formula is C24H26N2S. The van der Waals surface area contributed by atoms with Crippen LogP contribution in [0.15, 0.2) is 91.0 Å². The normalized spacial score (nSPS) is 11.7. The van der Waals surface area contributed by atoms with Gasteiger partial charge < -0.3 is 10.6 Å². The van der Waals surface area contributed by atoms with Gasteiger partial charge in [-0.3, -0.25) is 0 Å². The highest BCUT2D eigenvalue weighted by Gasteiger charge is 2.37. The van der Waals surface area contributed by atoms with E-state index >= 15 is 0 Å². The molecule has 0 unspecified atom stereocenters. The Balaban J connectivity index is 2.21. The first-order chi connectivity index (χ1) is 12.9. The fraction of sp³-hybridized carbons (Fsp3) is 0.208. The lowest BCUT2D eigenvalue weighted by Gasteiger charge is -2.39. The zero-order valence-electron chi connectivity index (χ0n) is 16.1. The second kappa shape index (κ2) is 7.93. The Morgan fingerprint density at radius 3 is 1.22 bits per heavy atom. The van der Waals surface area contributed by atoms with Gasteiger partial charge in [0.25, 0.3) is 0 Å². The second-order valence-electron chi connectivity index (χ2n) is 7.68. The molecule has 0 fully saturated rings. The van der Waals surface area contributed by atoms with Crippen LogP contribution in [0.2, 0.25) is 0 Å². The molecule has 0 aromatic heterocycles. The van der Waals surface area contributed by atoms with Gasteiger partial charge in [0, 0.05) is 5.54 Å². The molecule has 0 aliphatic heterocycles. The van der Waals surface area contributed by atoms with Crippen molar-refractivity contribution in [3.8, 4) is 0 Å². The van der Waals surface area contributed by atoms with Crippen LogP contribution in [-0.2, 0) is 5.54 Å². The molecule has 0 amide bonds. The first-order valence-electron chi connectivity index (χ1n) is 9.19. The first kappa shape index (κ1) is 19.1. The molecule has 0 saturated carbocycles. The molecule has 0 aliphatic rings. The van der Waals surface area contributed by atoms with Crippen LogP contribution in [0.3, 0.4) is 0 Å². The Morgan fingerprint density at radius 1 is 0.593 bits per heavy atom. The van der Waals surface area contributed by atoms with Gasteiger partial charge in [-0.05, 0) is 49.7 Å². The quantitative estimate of drug-likeness (QED) is 0.482. The van der Waals surface area contributed by atoms with Crippen LogP contribution >= 0.6 is 12.2 Å². The van der Waals surface area contributed by atoms with Gasteiger partial charge >= 0.3 is 0 Å². The number of thiocarbonyl (C=S) groups is 1. The van der Waals surface area contributed by atoms with Crippen LogP contribution in [-0.4, -0.2) is 10.7 Å². The molecule has 0 spiro atoms. The Labute approximate surface area is 167 Å². The summed E-state index contributed by atoms with van der Waals surface area (Å²) in [6.07, 6.45) is 0. The zero-order chi connectivity index (χ0) is 19.3. The second-order valence-corrected chi connectivity index (χ2v) is 8.09. The van der Waals surface area contributed by atoms with Gasteiger partial charge in [-0.2, -0.15) is 0 Å². The number of benzene rings is 3. The van der Waals surface area contributed by atoms with E-state index < -0.39 is 5.54 Å². The van der Waals surface area contributed by atoms with E-state index in [-0.39, 0.29) is 5.54 Å². The van der Waals surface area contributed by atoms with Crippen molar-refractivity contribution in [3.63, 3.8) is 0 Å². The third kappa shape index (κ3) is 4.37. The van der Waals surface area contributed by atoms with Crippen LogP contribution in [0, 0.1) is 0 Å². The molecule has 138 valence electrons. The number of rotatable bonds is 4. The lowest BCUT2D eigenvalue weighted by atomic mass is 9.77. The summed E-state index contributed by atoms with van der Waals surface area (Å²) in [5, 5.41) is 7.68. The summed E-state index contributed by atoms with van der Waals surface area (Å²) in [4.78, 5) is 0. The van der Waals surface area contributed by atoms with E-state index in [2.05, 4.69) is 104 Å². The fourth-order valence-electron chi connectivity index (χ4n) is 3.32. The molecule has 2 nitrogen and oxygen atoms in total. The topological polar surface area (TPSA) is 24.1 Å². The Bertz CT molecular complexity index is 772. The minimum absolute atomic E-state index is 0.125. The van der Waals surface area contributed by atoms with E-state index in [1.54, 1.807) is 0 Å². The molecule has 2 N–H and O–H groups in total. The highest BCUT2D eigenvalue weighted by molar-refractivity contribution is 7.80. The fourth-order valence-corrected chi connectivity index (χ4v) is 3.78. The maximum Gasteiger partial charge on any atom is 0.167 e. The molecule has 3 heteroatoms. The summed E-state index contributed by atoms with van der Waals surface area (Å²) < 4.78 is 0. The monoisotopic (exact) mass is 374 g/mol. The maximum absolute atomic E-state index is 5.73. The molecule has 3 aromatic carbocycles. The summed E-state index contributed by atoms with van der Waals surface area (Å²) in [7, 11) is 0. The Morgan fingerprint density at radius 2 is 0.926 bits per heavy atom. The van der Waals surface area contributed by atoms with Crippen molar-refractivity contribution in [2.24, 2.45) is 0 Å². The Kier molecular flexibility index (Phi) is 5.62. The van der Waals surface area contributed by atoms with Crippen molar-refractivity contribution in [1.29, 1.82) is 0 Å². The lowest BCUT2D eigenvalue weighted by Crippen LogP contribution is -2.55. The molecule has 0 radical (unpaired) electrons. The smallest absolute Gasteiger partial charge is 0.167 e. The van der Waals surface area contributed by atoms with Gasteiger partial charge in [-0.25, -0.2) is 0 Å². The van der Waals surface area contributed by atoms with Crippen LogP contribution in [0.25, 0.3) is 0 Å². The number of hydrogen-bond acceptors (Lipinski definition) is 1. The average molecular weight is 375 g/mol. The van der Waals surface area contributed by atoms with Gasteiger partial charge in [0.15, 0.2) is 5.11 Å². The summed E-state index contributed by atoms with van der Waals surface area (Å²) >= 11 is 5.73. The SMILES string of the molecule is CC(C)(C)NC(=S)NC(c1ccccc1)(c1ccccc1)c1ccccc1. The molecule has 0 aliphatic carbocycles. The van der Waals surface area contributed by atoms with E-state index in [9.17, 15) is 0 Å². The van der Waals surface area contributed by atoms with Crippen molar-refractivity contribution >= 4 is 17.3 Å². The number of nitrogens with one attached hydrogen (secondary N) is 2. The summed E-state index contributed by atoms with van der Waals surface area (Å²) in [6.45, 7) is 6.32. The van der Waals surface area contributed by atoms with Gasteiger partial charge in [0.1, 0.15) is 5.54 Å². The molecule has 3 rings (SSSR count). The van der Waals surface area contributed by atoms with Crippen LogP contribution in [0.1, 0.15) is 37.5 Å². The van der Waals surface area contributed by atoms with E-state index in [1.807, 2.05) is 18.2 Å². The van der Waals surface area contributed by atoms with Crippen molar-refractivity contribution in [2.75, 3.05) is 0 Å². The average Bonchev–Trinajstić information content (AvgIpc) is 2.67. The molecule has 27 heavy (non-hydrogen) atoms. The van der Waals surface area contributed by atoms with Gasteiger partial charge in [0.2, 0.25) is 0 Å². The van der Waals surface area contributed by atoms with E-state index in [1.165, 1.54) is 0 Å². The van der Waals surface area contributed by atoms with Crippen molar-refractivity contribution in [3.05, 3.63) is 108 Å². The zero-order valence-corrected chi connectivity index (χ0v) is 16.9. The van der Waals surface area contributed by atoms with Crippen LogP contribution in [0.4, 0.5) is 0 Å². The van der Waals surface area contributed by atoms with Crippen molar-refractivity contribution in [2.45, 2.75) is 31.8 Å². The van der Waals surface area contributed by atoms with Gasteiger partial charge in [0.05, 0.1) is 0 Å². The van der Waals surface area contributed by atoms with Crippen LogP contribution in [0.5, 0.6) is 0 Å². The summed E-state index contributed by atoms with van der Waals surface area (Å²) in [5.74, 6) is 0. The number of hydrogen-bond donors (Lipinski definition) is 2. The van der Waals surface area contributed by atoms with Gasteiger partial charge in [-0.15, -0.1) is 0 Å². The third-order valence-corrected chi connectivity index (χ3v) is 4.61. The van der Waals surface area contributed by atoms with Crippen molar-refractivity contribution in [1.82, 2.24) is 10.6 Å². The van der Waals surface area contributed by atoms with Crippen LogP contribution < -0.4 is 10.6 Å². The minimum atomic E-state index is -0.584. The largest absolute Gasteiger partial charge is 0.358 e. The molecule has 0 atom stereocenters. The van der Waals surface area contributed by atoms with E-state index in [0.29, 0.717) is 5.11 Å². The highest BCUT2D eigenvalue weighted by atomic mass is 32.1.